The average Bonchev–Trinajstić information content (AvgIpc) is 2.02. The summed E-state index contributed by atoms with van der Waals surface area (Å²) in [6.45, 7) is 7.30. The molecule has 0 atom stereocenters. The van der Waals surface area contributed by atoms with Gasteiger partial charge in [0.05, 0.1) is 7.11 Å². The van der Waals surface area contributed by atoms with Crippen molar-refractivity contribution < 1.29 is 14.4 Å². The predicted molar refractivity (Wildman–Crippen MR) is 53.4 cm³/mol. The lowest BCUT2D eigenvalue weighted by Gasteiger charge is -2.24. The smallest absolute Gasteiger partial charge is 0.435 e. The highest BCUT2D eigenvalue weighted by atomic mass is 16.7. The zero-order valence-corrected chi connectivity index (χ0v) is 9.38. The van der Waals surface area contributed by atoms with E-state index in [4.69, 9.17) is 9.57 Å². The van der Waals surface area contributed by atoms with E-state index >= 15 is 0 Å². The molecule has 0 saturated carbocycles. The number of hydroxylamine groups is 2. The summed E-state index contributed by atoms with van der Waals surface area (Å²) in [6.07, 6.45) is -0.525. The van der Waals surface area contributed by atoms with Gasteiger partial charge in [0, 0.05) is 0 Å². The van der Waals surface area contributed by atoms with Crippen LogP contribution in [0.4, 0.5) is 4.79 Å². The highest BCUT2D eigenvalue weighted by molar-refractivity contribution is 5.67. The highest BCUT2D eigenvalue weighted by Gasteiger charge is 2.21. The van der Waals surface area contributed by atoms with Crippen LogP contribution in [0, 0.1) is 11.8 Å². The molecule has 0 aromatic carbocycles. The number of carbonyl (C=O) groups is 1. The quantitative estimate of drug-likeness (QED) is 0.503. The van der Waals surface area contributed by atoms with Gasteiger partial charge in [-0.2, -0.15) is 5.06 Å². The molecule has 0 radical (unpaired) electrons. The monoisotopic (exact) mass is 199 g/mol. The summed E-state index contributed by atoms with van der Waals surface area (Å²) in [5, 5.41) is 1.07. The minimum Gasteiger partial charge on any atom is -0.442 e. The van der Waals surface area contributed by atoms with Crippen molar-refractivity contribution in [3.05, 3.63) is 0 Å². The molecule has 4 nitrogen and oxygen atoms in total. The fraction of sp³-hybridized carbons (Fsp3) is 0.700. The van der Waals surface area contributed by atoms with Crippen LogP contribution < -0.4 is 0 Å². The third-order valence-electron chi connectivity index (χ3n) is 1.22. The van der Waals surface area contributed by atoms with E-state index in [0.717, 1.165) is 5.06 Å². The van der Waals surface area contributed by atoms with Crippen molar-refractivity contribution in [1.82, 2.24) is 5.06 Å². The second-order valence-corrected chi connectivity index (χ2v) is 3.63. The van der Waals surface area contributed by atoms with Crippen molar-refractivity contribution in [1.29, 1.82) is 0 Å². The Kier molecular flexibility index (Phi) is 5.03. The molecule has 0 aliphatic rings. The van der Waals surface area contributed by atoms with Crippen molar-refractivity contribution in [3.8, 4) is 11.8 Å². The summed E-state index contributed by atoms with van der Waals surface area (Å²) in [7, 11) is 1.40. The van der Waals surface area contributed by atoms with Crippen LogP contribution in [0.15, 0.2) is 0 Å². The zero-order chi connectivity index (χ0) is 11.2. The topological polar surface area (TPSA) is 38.8 Å². The maximum atomic E-state index is 11.4. The van der Waals surface area contributed by atoms with Gasteiger partial charge in [-0.3, -0.25) is 4.84 Å². The van der Waals surface area contributed by atoms with Gasteiger partial charge in [-0.05, 0) is 27.7 Å². The SMILES string of the molecule is CC#CCN(OC)C(=O)OC(C)(C)C. The molecule has 0 aromatic rings. The van der Waals surface area contributed by atoms with Crippen LogP contribution in [0.1, 0.15) is 27.7 Å². The first-order chi connectivity index (χ1) is 6.40. The number of hydrogen-bond donors (Lipinski definition) is 0. The van der Waals surface area contributed by atoms with Crippen LogP contribution in [0.2, 0.25) is 0 Å². The van der Waals surface area contributed by atoms with Crippen LogP contribution in [0.3, 0.4) is 0 Å². The largest absolute Gasteiger partial charge is 0.442 e. The van der Waals surface area contributed by atoms with Gasteiger partial charge < -0.3 is 4.74 Å². The van der Waals surface area contributed by atoms with Crippen LogP contribution in [-0.2, 0) is 9.57 Å². The average molecular weight is 199 g/mol. The first-order valence-corrected chi connectivity index (χ1v) is 4.35. The zero-order valence-electron chi connectivity index (χ0n) is 9.38. The molecule has 0 aromatic heterocycles. The minimum atomic E-state index is -0.525. The molecular formula is C10H17NO3. The van der Waals surface area contributed by atoms with Gasteiger partial charge in [-0.1, -0.05) is 5.92 Å². The maximum absolute atomic E-state index is 11.4. The van der Waals surface area contributed by atoms with Crippen LogP contribution >= 0.6 is 0 Å². The lowest BCUT2D eigenvalue weighted by molar-refractivity contribution is -0.115. The van der Waals surface area contributed by atoms with E-state index in [-0.39, 0.29) is 6.54 Å². The van der Waals surface area contributed by atoms with E-state index < -0.39 is 11.7 Å². The summed E-state index contributed by atoms with van der Waals surface area (Å²) in [5.41, 5.74) is -0.520. The number of carbonyl (C=O) groups excluding carboxylic acids is 1. The Labute approximate surface area is 85.1 Å². The Morgan fingerprint density at radius 2 is 2.00 bits per heavy atom. The van der Waals surface area contributed by atoms with Crippen molar-refractivity contribution in [2.75, 3.05) is 13.7 Å². The molecule has 0 saturated heterocycles. The molecule has 0 aliphatic heterocycles. The number of rotatable bonds is 2. The number of amides is 1. The van der Waals surface area contributed by atoms with Crippen molar-refractivity contribution >= 4 is 6.09 Å². The first kappa shape index (κ1) is 12.8. The van der Waals surface area contributed by atoms with E-state index in [1.165, 1.54) is 7.11 Å². The van der Waals surface area contributed by atoms with Gasteiger partial charge in [0.25, 0.3) is 0 Å². The van der Waals surface area contributed by atoms with E-state index in [9.17, 15) is 4.79 Å². The van der Waals surface area contributed by atoms with E-state index in [2.05, 4.69) is 11.8 Å². The van der Waals surface area contributed by atoms with Gasteiger partial charge in [-0.25, -0.2) is 4.79 Å². The number of hydrogen-bond acceptors (Lipinski definition) is 3. The Morgan fingerprint density at radius 3 is 2.36 bits per heavy atom. The molecule has 0 unspecified atom stereocenters. The van der Waals surface area contributed by atoms with Crippen LogP contribution in [0.25, 0.3) is 0 Å². The Balaban J connectivity index is 4.22. The van der Waals surface area contributed by atoms with Crippen molar-refractivity contribution in [3.63, 3.8) is 0 Å². The molecule has 0 heterocycles. The number of ether oxygens (including phenoxy) is 1. The van der Waals surface area contributed by atoms with E-state index in [1.54, 1.807) is 27.7 Å². The summed E-state index contributed by atoms with van der Waals surface area (Å²) < 4.78 is 5.08. The summed E-state index contributed by atoms with van der Waals surface area (Å²) in [5.74, 6) is 5.39. The Morgan fingerprint density at radius 1 is 1.43 bits per heavy atom. The van der Waals surface area contributed by atoms with Crippen LogP contribution in [0.5, 0.6) is 0 Å². The molecular weight excluding hydrogens is 182 g/mol. The summed E-state index contributed by atoms with van der Waals surface area (Å²) in [6, 6.07) is 0. The molecule has 0 aliphatic carbocycles. The van der Waals surface area contributed by atoms with Gasteiger partial charge in [0.15, 0.2) is 0 Å². The second kappa shape index (κ2) is 5.51. The molecule has 0 spiro atoms. The van der Waals surface area contributed by atoms with E-state index in [0.29, 0.717) is 0 Å². The molecule has 14 heavy (non-hydrogen) atoms. The third-order valence-corrected chi connectivity index (χ3v) is 1.22. The Bertz CT molecular complexity index is 244. The Hall–Kier alpha value is -1.21. The maximum Gasteiger partial charge on any atom is 0.435 e. The highest BCUT2D eigenvalue weighted by Crippen LogP contribution is 2.09. The minimum absolute atomic E-state index is 0.210. The lowest BCUT2D eigenvalue weighted by Crippen LogP contribution is -2.36. The predicted octanol–water partition coefficient (Wildman–Crippen LogP) is 1.81. The van der Waals surface area contributed by atoms with Gasteiger partial charge in [0.1, 0.15) is 12.1 Å². The molecule has 0 bridgehead atoms. The fourth-order valence-corrected chi connectivity index (χ4v) is 0.667. The van der Waals surface area contributed by atoms with Gasteiger partial charge in [-0.15, -0.1) is 5.92 Å². The van der Waals surface area contributed by atoms with Crippen molar-refractivity contribution in [2.24, 2.45) is 0 Å². The number of nitrogens with zero attached hydrogens (tertiary/aromatic N) is 1. The lowest BCUT2D eigenvalue weighted by atomic mass is 10.2. The fourth-order valence-electron chi connectivity index (χ4n) is 0.667. The molecule has 4 heteroatoms. The molecule has 80 valence electrons. The third kappa shape index (κ3) is 5.44. The summed E-state index contributed by atoms with van der Waals surface area (Å²) in [4.78, 5) is 16.2. The summed E-state index contributed by atoms with van der Waals surface area (Å²) >= 11 is 0. The van der Waals surface area contributed by atoms with Gasteiger partial charge >= 0.3 is 6.09 Å². The van der Waals surface area contributed by atoms with Crippen molar-refractivity contribution in [2.45, 2.75) is 33.3 Å². The molecule has 0 fully saturated rings. The standard InChI is InChI=1S/C10H17NO3/c1-6-7-8-11(13-5)9(12)14-10(2,3)4/h8H2,1-5H3. The van der Waals surface area contributed by atoms with Gasteiger partial charge in [0.2, 0.25) is 0 Å². The molecule has 1 amide bonds. The second-order valence-electron chi connectivity index (χ2n) is 3.63. The molecule has 0 N–H and O–H groups in total. The normalized spacial score (nSPS) is 10.1. The first-order valence-electron chi connectivity index (χ1n) is 4.35. The van der Waals surface area contributed by atoms with E-state index in [1.807, 2.05) is 0 Å². The van der Waals surface area contributed by atoms with Crippen LogP contribution in [-0.4, -0.2) is 30.4 Å². The molecule has 0 rings (SSSR count).